The standard InChI is InChI=1S/C37H34Cl2IN3O7/c1-4-13-42-33(45)23-11-10-22-24(30(23)35(42)47)17-25-34(46)43(41-28-12-7-20(38)16-26(28)39)36(48)37(25,19-5-8-21(49-2)9-6-19)31(22)18-14-27(40)32(44)29(15-18)50-3/h5-10,12,14-16,23-25,30-31,41,44H,4,11,13,17H2,1-3H3/t23-,24+,25-,30-,31-,37+/m0/s1. The van der Waals surface area contributed by atoms with Crippen molar-refractivity contribution in [1.82, 2.24) is 9.91 Å². The van der Waals surface area contributed by atoms with Gasteiger partial charge < -0.3 is 14.6 Å². The number of nitrogens with zero attached hydrogens (tertiary/aromatic N) is 2. The summed E-state index contributed by atoms with van der Waals surface area (Å²) in [4.78, 5) is 59.2. The predicted molar refractivity (Wildman–Crippen MR) is 195 cm³/mol. The molecule has 4 amide bonds. The summed E-state index contributed by atoms with van der Waals surface area (Å²) in [6.45, 7) is 2.24. The second kappa shape index (κ2) is 13.1. The number of anilines is 1. The fraction of sp³-hybridized carbons (Fsp3) is 0.351. The van der Waals surface area contributed by atoms with Crippen LogP contribution in [0, 0.1) is 27.2 Å². The molecule has 2 heterocycles. The van der Waals surface area contributed by atoms with Crippen molar-refractivity contribution in [2.24, 2.45) is 23.7 Å². The Morgan fingerprint density at radius 3 is 2.36 bits per heavy atom. The highest BCUT2D eigenvalue weighted by molar-refractivity contribution is 14.1. The summed E-state index contributed by atoms with van der Waals surface area (Å²) in [7, 11) is 2.99. The number of nitrogens with one attached hydrogen (secondary N) is 1. The van der Waals surface area contributed by atoms with E-state index in [4.69, 9.17) is 32.7 Å². The van der Waals surface area contributed by atoms with Crippen molar-refractivity contribution in [2.45, 2.75) is 37.5 Å². The Kier molecular flexibility index (Phi) is 9.05. The van der Waals surface area contributed by atoms with Crippen molar-refractivity contribution in [3.8, 4) is 17.2 Å². The van der Waals surface area contributed by atoms with Crippen LogP contribution in [0.5, 0.6) is 17.2 Å². The van der Waals surface area contributed by atoms with Crippen molar-refractivity contribution >= 4 is 75.1 Å². The predicted octanol–water partition coefficient (Wildman–Crippen LogP) is 6.72. The monoisotopic (exact) mass is 829 g/mol. The normalized spacial score (nSPS) is 27.2. The summed E-state index contributed by atoms with van der Waals surface area (Å²) in [5, 5.41) is 12.5. The molecule has 1 saturated carbocycles. The van der Waals surface area contributed by atoms with Crippen molar-refractivity contribution in [1.29, 1.82) is 0 Å². The molecule has 3 fully saturated rings. The minimum atomic E-state index is -1.52. The van der Waals surface area contributed by atoms with Gasteiger partial charge >= 0.3 is 0 Å². The van der Waals surface area contributed by atoms with Crippen molar-refractivity contribution in [2.75, 3.05) is 26.2 Å². The molecular weight excluding hydrogens is 796 g/mol. The van der Waals surface area contributed by atoms with Crippen LogP contribution in [-0.2, 0) is 24.6 Å². The number of hydrogen-bond donors (Lipinski definition) is 2. The molecule has 10 nitrogen and oxygen atoms in total. The third kappa shape index (κ3) is 5.10. The maximum Gasteiger partial charge on any atom is 0.260 e. The van der Waals surface area contributed by atoms with Gasteiger partial charge in [-0.1, -0.05) is 53.9 Å². The lowest BCUT2D eigenvalue weighted by atomic mass is 9.49. The topological polar surface area (TPSA) is 125 Å². The van der Waals surface area contributed by atoms with Gasteiger partial charge in [-0.2, -0.15) is 5.01 Å². The number of carbonyl (C=O) groups excluding carboxylic acids is 4. The zero-order valence-corrected chi connectivity index (χ0v) is 31.1. The minimum absolute atomic E-state index is 0.0572. The molecule has 0 unspecified atom stereocenters. The number of rotatable bonds is 8. The number of ether oxygens (including phenoxy) is 2. The maximum absolute atomic E-state index is 15.4. The van der Waals surface area contributed by atoms with Crippen LogP contribution in [0.2, 0.25) is 10.0 Å². The van der Waals surface area contributed by atoms with E-state index in [2.05, 4.69) is 5.43 Å². The molecule has 0 radical (unpaired) electrons. The number of amides is 4. The van der Waals surface area contributed by atoms with Crippen LogP contribution in [0.15, 0.2) is 66.2 Å². The number of fused-ring (bicyclic) bond motifs is 4. The van der Waals surface area contributed by atoms with Crippen LogP contribution in [0.3, 0.4) is 0 Å². The number of carbonyl (C=O) groups is 4. The Bertz CT molecular complexity index is 1970. The lowest BCUT2D eigenvalue weighted by Crippen LogP contribution is -2.53. The highest BCUT2D eigenvalue weighted by Gasteiger charge is 2.70. The van der Waals surface area contributed by atoms with E-state index in [0.717, 1.165) is 10.6 Å². The van der Waals surface area contributed by atoms with Gasteiger partial charge in [0.2, 0.25) is 11.8 Å². The molecule has 4 aliphatic rings. The summed E-state index contributed by atoms with van der Waals surface area (Å²) >= 11 is 14.7. The maximum atomic E-state index is 15.4. The smallest absolute Gasteiger partial charge is 0.260 e. The quantitative estimate of drug-likeness (QED) is 0.146. The first-order valence-electron chi connectivity index (χ1n) is 16.3. The van der Waals surface area contributed by atoms with Crippen LogP contribution in [0.25, 0.3) is 0 Å². The van der Waals surface area contributed by atoms with E-state index in [1.54, 1.807) is 55.6 Å². The van der Waals surface area contributed by atoms with Crippen molar-refractivity contribution in [3.63, 3.8) is 0 Å². The van der Waals surface area contributed by atoms with Crippen LogP contribution in [-0.4, -0.2) is 59.4 Å². The average molecular weight is 831 g/mol. The Hall–Kier alpha value is -3.81. The van der Waals surface area contributed by atoms with E-state index in [1.165, 1.54) is 18.1 Å². The van der Waals surface area contributed by atoms with Gasteiger partial charge in [0.05, 0.1) is 51.7 Å². The summed E-state index contributed by atoms with van der Waals surface area (Å²) in [6.07, 6.45) is 3.09. The first kappa shape index (κ1) is 34.6. The average Bonchev–Trinajstić information content (AvgIpc) is 3.47. The number of allylic oxidation sites excluding steroid dienone is 2. The molecule has 0 aromatic heterocycles. The van der Waals surface area contributed by atoms with Crippen molar-refractivity contribution in [3.05, 3.63) is 91.0 Å². The number of phenolic OH excluding ortho intramolecular Hbond substituents is 1. The third-order valence-electron chi connectivity index (χ3n) is 10.7. The Morgan fingerprint density at radius 1 is 0.960 bits per heavy atom. The summed E-state index contributed by atoms with van der Waals surface area (Å²) in [6, 6.07) is 15.3. The van der Waals surface area contributed by atoms with E-state index in [-0.39, 0.29) is 34.8 Å². The van der Waals surface area contributed by atoms with Gasteiger partial charge in [0.1, 0.15) is 5.75 Å². The molecular formula is C37H34Cl2IN3O7. The summed E-state index contributed by atoms with van der Waals surface area (Å²) in [5.41, 5.74) is 3.77. The van der Waals surface area contributed by atoms with Crippen LogP contribution >= 0.6 is 45.8 Å². The second-order valence-electron chi connectivity index (χ2n) is 13.1. The highest BCUT2D eigenvalue weighted by Crippen LogP contribution is 2.64. The number of phenols is 1. The van der Waals surface area contributed by atoms with E-state index in [9.17, 15) is 19.5 Å². The molecule has 2 aliphatic heterocycles. The number of methoxy groups -OCH3 is 2. The number of benzene rings is 3. The van der Waals surface area contributed by atoms with Gasteiger partial charge in [-0.15, -0.1) is 0 Å². The fourth-order valence-corrected chi connectivity index (χ4v) is 9.72. The zero-order chi connectivity index (χ0) is 35.6. The largest absolute Gasteiger partial charge is 0.504 e. The van der Waals surface area contributed by atoms with Gasteiger partial charge in [0, 0.05) is 17.5 Å². The molecule has 2 saturated heterocycles. The van der Waals surface area contributed by atoms with E-state index >= 15 is 4.79 Å². The molecule has 2 N–H and O–H groups in total. The van der Waals surface area contributed by atoms with Crippen LogP contribution in [0.1, 0.15) is 43.2 Å². The van der Waals surface area contributed by atoms with Gasteiger partial charge in [-0.05, 0) is 101 Å². The molecule has 50 heavy (non-hydrogen) atoms. The first-order valence-corrected chi connectivity index (χ1v) is 18.2. The molecule has 2 aliphatic carbocycles. The number of hydrazine groups is 1. The van der Waals surface area contributed by atoms with E-state index in [1.807, 2.05) is 35.6 Å². The lowest BCUT2D eigenvalue weighted by Gasteiger charge is -2.50. The molecule has 13 heteroatoms. The van der Waals surface area contributed by atoms with E-state index < -0.39 is 46.8 Å². The lowest BCUT2D eigenvalue weighted by molar-refractivity contribution is -0.141. The fourth-order valence-electron chi connectivity index (χ4n) is 8.64. The molecule has 260 valence electrons. The number of imide groups is 2. The molecule has 3 aromatic rings. The van der Waals surface area contributed by atoms with Gasteiger partial charge in [-0.3, -0.25) is 29.5 Å². The third-order valence-corrected chi connectivity index (χ3v) is 12.1. The summed E-state index contributed by atoms with van der Waals surface area (Å²) < 4.78 is 11.5. The van der Waals surface area contributed by atoms with Gasteiger partial charge in [0.25, 0.3) is 11.8 Å². The SMILES string of the molecule is CCCN1C(=O)[C@H]2[C@H](CC=C3[C@H]2C[C@H]2C(=O)N(Nc4ccc(Cl)cc4Cl)C(=O)[C@@]2(c2ccc(OC)cc2)[C@H]3c2cc(I)c(O)c(OC)c2)C1=O. The molecule has 0 spiro atoms. The second-order valence-corrected chi connectivity index (χ2v) is 15.1. The molecule has 7 rings (SSSR count). The number of halogens is 3. The van der Waals surface area contributed by atoms with Gasteiger partial charge in [-0.25, -0.2) is 0 Å². The zero-order valence-electron chi connectivity index (χ0n) is 27.4. The minimum Gasteiger partial charge on any atom is -0.504 e. The Labute approximate surface area is 312 Å². The number of likely N-dealkylation sites (tertiary alicyclic amines) is 1. The Balaban J connectivity index is 1.49. The van der Waals surface area contributed by atoms with Crippen LogP contribution in [0.4, 0.5) is 5.69 Å². The first-order chi connectivity index (χ1) is 24.0. The number of hydrogen-bond acceptors (Lipinski definition) is 8. The Morgan fingerprint density at radius 2 is 1.70 bits per heavy atom. The van der Waals surface area contributed by atoms with Crippen molar-refractivity contribution < 1.29 is 33.8 Å². The van der Waals surface area contributed by atoms with Crippen LogP contribution < -0.4 is 14.9 Å². The number of aromatic hydroxyl groups is 1. The molecule has 0 bridgehead atoms. The molecule has 3 aromatic carbocycles. The highest BCUT2D eigenvalue weighted by atomic mass is 127. The van der Waals surface area contributed by atoms with Gasteiger partial charge in [0.15, 0.2) is 11.5 Å². The summed E-state index contributed by atoms with van der Waals surface area (Å²) in [5.74, 6) is -4.25. The van der Waals surface area contributed by atoms with E-state index in [0.29, 0.717) is 50.5 Å². The molecule has 6 atom stereocenters.